The highest BCUT2D eigenvalue weighted by Crippen LogP contribution is 2.28. The first-order valence-corrected chi connectivity index (χ1v) is 6.73. The van der Waals surface area contributed by atoms with Crippen molar-refractivity contribution in [1.82, 2.24) is 4.57 Å². The van der Waals surface area contributed by atoms with Crippen molar-refractivity contribution in [3.05, 3.63) is 41.2 Å². The van der Waals surface area contributed by atoms with Crippen molar-refractivity contribution in [3.8, 4) is 23.6 Å². The Morgan fingerprint density at radius 3 is 2.57 bits per heavy atom. The Hall–Kier alpha value is -3.45. The van der Waals surface area contributed by atoms with Crippen LogP contribution in [0, 0.1) is 22.7 Å². The van der Waals surface area contributed by atoms with Gasteiger partial charge in [0.1, 0.15) is 17.9 Å². The van der Waals surface area contributed by atoms with Crippen molar-refractivity contribution >= 4 is 11.7 Å². The van der Waals surface area contributed by atoms with E-state index in [1.165, 1.54) is 17.9 Å². The van der Waals surface area contributed by atoms with Crippen molar-refractivity contribution in [2.24, 2.45) is 0 Å². The number of nitrogen functional groups attached to an aromatic ring is 1. The molecule has 0 bridgehead atoms. The third-order valence-corrected chi connectivity index (χ3v) is 3.21. The lowest BCUT2D eigenvalue weighted by molar-refractivity contribution is 0.0593. The first kappa shape index (κ1) is 15.9. The summed E-state index contributed by atoms with van der Waals surface area (Å²) in [7, 11) is 1.23. The van der Waals surface area contributed by atoms with Gasteiger partial charge in [-0.15, -0.1) is 0 Å². The van der Waals surface area contributed by atoms with Crippen molar-refractivity contribution in [2.75, 3.05) is 19.5 Å². The maximum atomic E-state index is 12.0. The molecule has 0 unspecified atom stereocenters. The van der Waals surface area contributed by atoms with Gasteiger partial charge in [0.2, 0.25) is 0 Å². The molecule has 0 fully saturated rings. The van der Waals surface area contributed by atoms with Crippen LogP contribution in [0.5, 0.6) is 5.75 Å². The van der Waals surface area contributed by atoms with Gasteiger partial charge in [0, 0.05) is 18.0 Å². The molecule has 23 heavy (non-hydrogen) atoms. The lowest BCUT2D eigenvalue weighted by Gasteiger charge is -2.11. The van der Waals surface area contributed by atoms with Gasteiger partial charge in [-0.1, -0.05) is 0 Å². The Morgan fingerprint density at radius 2 is 2.00 bits per heavy atom. The van der Waals surface area contributed by atoms with E-state index >= 15 is 0 Å². The van der Waals surface area contributed by atoms with E-state index in [4.69, 9.17) is 25.7 Å². The predicted octanol–water partition coefficient (Wildman–Crippen LogP) is 1.99. The van der Waals surface area contributed by atoms with Gasteiger partial charge in [0.25, 0.3) is 0 Å². The van der Waals surface area contributed by atoms with Crippen LogP contribution in [-0.2, 0) is 4.74 Å². The second-order valence-corrected chi connectivity index (χ2v) is 4.50. The average molecular weight is 310 g/mol. The summed E-state index contributed by atoms with van der Waals surface area (Å²) < 4.78 is 11.6. The molecule has 0 saturated heterocycles. The Balaban J connectivity index is 2.67. The quantitative estimate of drug-likeness (QED) is 0.864. The van der Waals surface area contributed by atoms with Gasteiger partial charge >= 0.3 is 5.97 Å². The fraction of sp³-hybridized carbons (Fsp3) is 0.188. The second kappa shape index (κ2) is 6.54. The molecule has 2 N–H and O–H groups in total. The number of nitriles is 2. The van der Waals surface area contributed by atoms with E-state index in [-0.39, 0.29) is 16.9 Å². The van der Waals surface area contributed by atoms with Crippen molar-refractivity contribution < 1.29 is 14.3 Å². The lowest BCUT2D eigenvalue weighted by Crippen LogP contribution is -2.11. The zero-order chi connectivity index (χ0) is 17.0. The molecule has 0 spiro atoms. The maximum Gasteiger partial charge on any atom is 0.357 e. The van der Waals surface area contributed by atoms with Gasteiger partial charge in [-0.3, -0.25) is 0 Å². The van der Waals surface area contributed by atoms with Crippen LogP contribution >= 0.6 is 0 Å². The summed E-state index contributed by atoms with van der Waals surface area (Å²) in [6.45, 7) is 2.19. The van der Waals surface area contributed by atoms with Crippen LogP contribution in [0.4, 0.5) is 5.69 Å². The molecular formula is C16H14N4O3. The number of nitrogens with zero attached hydrogens (tertiary/aromatic N) is 3. The number of carbonyl (C=O) groups is 1. The topological polar surface area (TPSA) is 114 Å². The third-order valence-electron chi connectivity index (χ3n) is 3.21. The molecule has 0 aliphatic carbocycles. The van der Waals surface area contributed by atoms with Crippen molar-refractivity contribution in [2.45, 2.75) is 6.92 Å². The SMILES string of the molecule is CCOc1cc(-n2cc(C#N)c(N)c2C(=O)OC)ccc1C#N. The average Bonchev–Trinajstić information content (AvgIpc) is 2.91. The predicted molar refractivity (Wildman–Crippen MR) is 82.1 cm³/mol. The largest absolute Gasteiger partial charge is 0.492 e. The molecule has 1 heterocycles. The number of esters is 1. The number of anilines is 1. The highest BCUT2D eigenvalue weighted by atomic mass is 16.5. The third kappa shape index (κ3) is 2.81. The molecule has 1 aromatic heterocycles. The monoisotopic (exact) mass is 310 g/mol. The molecule has 0 atom stereocenters. The molecule has 2 rings (SSSR count). The molecule has 7 nitrogen and oxygen atoms in total. The Labute approximate surface area is 133 Å². The van der Waals surface area contributed by atoms with E-state index in [2.05, 4.69) is 0 Å². The summed E-state index contributed by atoms with van der Waals surface area (Å²) in [5.41, 5.74) is 7.01. The van der Waals surface area contributed by atoms with E-state index in [0.717, 1.165) is 0 Å². The number of nitrogens with two attached hydrogens (primary N) is 1. The molecule has 0 aliphatic heterocycles. The summed E-state index contributed by atoms with van der Waals surface area (Å²) in [5.74, 6) is -0.277. The Kier molecular flexibility index (Phi) is 4.53. The standard InChI is InChI=1S/C16H14N4O3/c1-3-23-13-6-12(5-4-10(13)7-17)20-9-11(8-18)14(19)15(20)16(21)22-2/h4-6,9H,3,19H2,1-2H3. The smallest absolute Gasteiger partial charge is 0.357 e. The highest BCUT2D eigenvalue weighted by molar-refractivity contribution is 5.96. The number of benzene rings is 1. The molecule has 7 heteroatoms. The first-order chi connectivity index (χ1) is 11.1. The minimum absolute atomic E-state index is 0.0432. The van der Waals surface area contributed by atoms with Crippen LogP contribution in [-0.4, -0.2) is 24.3 Å². The van der Waals surface area contributed by atoms with E-state index in [9.17, 15) is 4.79 Å². The summed E-state index contributed by atoms with van der Waals surface area (Å²) in [5, 5.41) is 18.2. The van der Waals surface area contributed by atoms with Gasteiger partial charge < -0.3 is 19.8 Å². The van der Waals surface area contributed by atoms with Crippen molar-refractivity contribution in [3.63, 3.8) is 0 Å². The van der Waals surface area contributed by atoms with Crippen LogP contribution in [0.2, 0.25) is 0 Å². The lowest BCUT2D eigenvalue weighted by atomic mass is 10.2. The van der Waals surface area contributed by atoms with E-state index < -0.39 is 5.97 Å². The number of hydrogen-bond acceptors (Lipinski definition) is 6. The number of carbonyl (C=O) groups excluding carboxylic acids is 1. The summed E-state index contributed by atoms with van der Waals surface area (Å²) in [6.07, 6.45) is 1.44. The van der Waals surface area contributed by atoms with Crippen LogP contribution in [0.3, 0.4) is 0 Å². The normalized spacial score (nSPS) is 9.74. The zero-order valence-corrected chi connectivity index (χ0v) is 12.7. The second-order valence-electron chi connectivity index (χ2n) is 4.50. The fourth-order valence-electron chi connectivity index (χ4n) is 2.15. The van der Waals surface area contributed by atoms with E-state index in [1.54, 1.807) is 25.1 Å². The van der Waals surface area contributed by atoms with Gasteiger partial charge in [-0.05, 0) is 19.1 Å². The van der Waals surface area contributed by atoms with Crippen LogP contribution in [0.25, 0.3) is 5.69 Å². The van der Waals surface area contributed by atoms with E-state index in [1.807, 2.05) is 12.1 Å². The summed E-state index contributed by atoms with van der Waals surface area (Å²) >= 11 is 0. The molecule has 0 amide bonds. The molecule has 116 valence electrons. The molecular weight excluding hydrogens is 296 g/mol. The molecule has 0 aliphatic rings. The highest BCUT2D eigenvalue weighted by Gasteiger charge is 2.22. The molecule has 0 saturated carbocycles. The number of rotatable bonds is 4. The van der Waals surface area contributed by atoms with Crippen LogP contribution in [0.1, 0.15) is 28.5 Å². The number of methoxy groups -OCH3 is 1. The van der Waals surface area contributed by atoms with E-state index in [0.29, 0.717) is 23.6 Å². The van der Waals surface area contributed by atoms with Crippen LogP contribution in [0.15, 0.2) is 24.4 Å². The van der Waals surface area contributed by atoms with Gasteiger partial charge in [-0.2, -0.15) is 10.5 Å². The maximum absolute atomic E-state index is 12.0. The summed E-state index contributed by atoms with van der Waals surface area (Å²) in [6, 6.07) is 8.77. The number of aromatic nitrogens is 1. The van der Waals surface area contributed by atoms with Gasteiger partial charge in [0.05, 0.1) is 30.5 Å². The number of hydrogen-bond donors (Lipinski definition) is 1. The minimum Gasteiger partial charge on any atom is -0.492 e. The fourth-order valence-corrected chi connectivity index (χ4v) is 2.15. The zero-order valence-electron chi connectivity index (χ0n) is 12.7. The minimum atomic E-state index is -0.661. The van der Waals surface area contributed by atoms with Crippen molar-refractivity contribution in [1.29, 1.82) is 10.5 Å². The van der Waals surface area contributed by atoms with Gasteiger partial charge in [-0.25, -0.2) is 4.79 Å². The first-order valence-electron chi connectivity index (χ1n) is 6.73. The molecule has 2 aromatic rings. The molecule has 1 aromatic carbocycles. The number of ether oxygens (including phenoxy) is 2. The van der Waals surface area contributed by atoms with Gasteiger partial charge in [0.15, 0.2) is 5.69 Å². The molecule has 0 radical (unpaired) electrons. The Bertz CT molecular complexity index is 840. The Morgan fingerprint density at radius 1 is 1.30 bits per heavy atom. The summed E-state index contributed by atoms with van der Waals surface area (Å²) in [4.78, 5) is 12.0. The van der Waals surface area contributed by atoms with Crippen LogP contribution < -0.4 is 10.5 Å².